The minimum Gasteiger partial charge on any atom is -0.357 e. The lowest BCUT2D eigenvalue weighted by atomic mass is 10.1. The number of halogens is 1. The van der Waals surface area contributed by atoms with Crippen LogP contribution >= 0.6 is 11.6 Å². The lowest BCUT2D eigenvalue weighted by molar-refractivity contribution is 0.148. The van der Waals surface area contributed by atoms with Crippen molar-refractivity contribution in [2.24, 2.45) is 4.99 Å². The zero-order valence-electron chi connectivity index (χ0n) is 18.1. The number of guanidine groups is 1. The fourth-order valence-corrected chi connectivity index (χ4v) is 3.52. The lowest BCUT2D eigenvalue weighted by Crippen LogP contribution is -2.43. The van der Waals surface area contributed by atoms with Crippen LogP contribution in [0.5, 0.6) is 0 Å². The number of hydrogen-bond donors (Lipinski definition) is 2. The third-order valence-corrected chi connectivity index (χ3v) is 5.51. The molecule has 1 aliphatic heterocycles. The Balaban J connectivity index is 1.46. The molecule has 6 nitrogen and oxygen atoms in total. The number of hydrogen-bond acceptors (Lipinski definition) is 4. The van der Waals surface area contributed by atoms with Crippen molar-refractivity contribution in [1.29, 1.82) is 0 Å². The molecule has 0 aliphatic carbocycles. The Morgan fingerprint density at radius 2 is 1.70 bits per heavy atom. The first-order valence-electron chi connectivity index (χ1n) is 10.7. The van der Waals surface area contributed by atoms with Crippen molar-refractivity contribution in [3.63, 3.8) is 0 Å². The first kappa shape index (κ1) is 22.5. The zero-order valence-corrected chi connectivity index (χ0v) is 18.8. The van der Waals surface area contributed by atoms with Crippen LogP contribution in [0.25, 0.3) is 0 Å². The molecule has 0 amide bonds. The van der Waals surface area contributed by atoms with Crippen LogP contribution in [0.1, 0.15) is 23.6 Å². The first-order valence-corrected chi connectivity index (χ1v) is 11.1. The summed E-state index contributed by atoms with van der Waals surface area (Å²) in [7, 11) is 2.19. The number of benzene rings is 1. The van der Waals surface area contributed by atoms with E-state index in [1.807, 2.05) is 18.3 Å². The van der Waals surface area contributed by atoms with Crippen molar-refractivity contribution in [2.75, 3.05) is 46.3 Å². The zero-order chi connectivity index (χ0) is 21.2. The second-order valence-corrected chi connectivity index (χ2v) is 8.14. The van der Waals surface area contributed by atoms with E-state index < -0.39 is 0 Å². The van der Waals surface area contributed by atoms with E-state index in [1.165, 1.54) is 11.1 Å². The molecule has 1 aromatic heterocycles. The smallest absolute Gasteiger partial charge is 0.191 e. The molecule has 0 saturated carbocycles. The van der Waals surface area contributed by atoms with Crippen molar-refractivity contribution >= 4 is 17.6 Å². The van der Waals surface area contributed by atoms with Crippen LogP contribution in [-0.2, 0) is 19.5 Å². The van der Waals surface area contributed by atoms with E-state index in [0.717, 1.165) is 63.8 Å². The predicted octanol–water partition coefficient (Wildman–Crippen LogP) is 2.78. The quantitative estimate of drug-likeness (QED) is 0.384. The largest absolute Gasteiger partial charge is 0.357 e. The van der Waals surface area contributed by atoms with Gasteiger partial charge in [0, 0.05) is 52.0 Å². The molecule has 1 aliphatic rings. The molecule has 0 radical (unpaired) electrons. The van der Waals surface area contributed by atoms with Crippen LogP contribution in [0.3, 0.4) is 0 Å². The van der Waals surface area contributed by atoms with E-state index in [9.17, 15) is 0 Å². The SMILES string of the molecule is CCNC(=NCc1ccc(CN2CCN(C)CC2)cc1)NCCc1ccc(Cl)nc1. The van der Waals surface area contributed by atoms with Gasteiger partial charge in [-0.2, -0.15) is 0 Å². The van der Waals surface area contributed by atoms with Gasteiger partial charge in [0.15, 0.2) is 5.96 Å². The predicted molar refractivity (Wildman–Crippen MR) is 125 cm³/mol. The molecule has 2 N–H and O–H groups in total. The first-order chi connectivity index (χ1) is 14.6. The molecule has 2 aromatic rings. The van der Waals surface area contributed by atoms with Gasteiger partial charge in [-0.1, -0.05) is 41.9 Å². The number of aliphatic imine (C=N–C) groups is 1. The van der Waals surface area contributed by atoms with Gasteiger partial charge in [-0.25, -0.2) is 9.98 Å². The normalized spacial score (nSPS) is 15.9. The summed E-state index contributed by atoms with van der Waals surface area (Å²) >= 11 is 5.84. The van der Waals surface area contributed by atoms with Crippen molar-refractivity contribution in [3.8, 4) is 0 Å². The second kappa shape index (κ2) is 11.9. The topological polar surface area (TPSA) is 55.8 Å². The van der Waals surface area contributed by atoms with Gasteiger partial charge >= 0.3 is 0 Å². The summed E-state index contributed by atoms with van der Waals surface area (Å²) in [6, 6.07) is 12.7. The van der Waals surface area contributed by atoms with Crippen molar-refractivity contribution in [2.45, 2.75) is 26.4 Å². The second-order valence-electron chi connectivity index (χ2n) is 7.76. The average Bonchev–Trinajstić information content (AvgIpc) is 2.76. The Bertz CT molecular complexity index is 782. The highest BCUT2D eigenvalue weighted by Crippen LogP contribution is 2.10. The molecule has 2 heterocycles. The molecule has 1 saturated heterocycles. The van der Waals surface area contributed by atoms with E-state index in [2.05, 4.69) is 63.7 Å². The van der Waals surface area contributed by atoms with Crippen LogP contribution in [0.4, 0.5) is 0 Å². The Labute approximate surface area is 185 Å². The fourth-order valence-electron chi connectivity index (χ4n) is 3.41. The van der Waals surface area contributed by atoms with Gasteiger partial charge in [0.05, 0.1) is 6.54 Å². The Kier molecular flexibility index (Phi) is 8.93. The number of rotatable bonds is 8. The molecule has 3 rings (SSSR count). The number of pyridine rings is 1. The summed E-state index contributed by atoms with van der Waals surface area (Å²) in [6.07, 6.45) is 2.69. The summed E-state index contributed by atoms with van der Waals surface area (Å²) in [5.41, 5.74) is 3.74. The van der Waals surface area contributed by atoms with Gasteiger partial charge in [-0.05, 0) is 43.1 Å². The van der Waals surface area contributed by atoms with Gasteiger partial charge < -0.3 is 15.5 Å². The highest BCUT2D eigenvalue weighted by Gasteiger charge is 2.13. The number of piperazine rings is 1. The molecular formula is C23H33ClN6. The molecule has 162 valence electrons. The van der Waals surface area contributed by atoms with Gasteiger partial charge in [-0.3, -0.25) is 4.90 Å². The van der Waals surface area contributed by atoms with E-state index in [-0.39, 0.29) is 0 Å². The lowest BCUT2D eigenvalue weighted by Gasteiger charge is -2.32. The third-order valence-electron chi connectivity index (χ3n) is 5.28. The third kappa shape index (κ3) is 7.59. The number of likely N-dealkylation sites (N-methyl/N-ethyl adjacent to an activating group) is 1. The Morgan fingerprint density at radius 1 is 1.00 bits per heavy atom. The highest BCUT2D eigenvalue weighted by atomic mass is 35.5. The fraction of sp³-hybridized carbons (Fsp3) is 0.478. The van der Waals surface area contributed by atoms with E-state index in [0.29, 0.717) is 11.7 Å². The summed E-state index contributed by atoms with van der Waals surface area (Å²) in [5.74, 6) is 0.834. The van der Waals surface area contributed by atoms with Gasteiger partial charge in [-0.15, -0.1) is 0 Å². The average molecular weight is 429 g/mol. The maximum Gasteiger partial charge on any atom is 0.191 e. The van der Waals surface area contributed by atoms with Crippen LogP contribution in [0, 0.1) is 0 Å². The van der Waals surface area contributed by atoms with Crippen LogP contribution < -0.4 is 10.6 Å². The van der Waals surface area contributed by atoms with Crippen LogP contribution in [-0.4, -0.2) is 67.1 Å². The van der Waals surface area contributed by atoms with E-state index in [1.54, 1.807) is 0 Å². The van der Waals surface area contributed by atoms with Crippen LogP contribution in [0.2, 0.25) is 5.15 Å². The molecule has 1 fully saturated rings. The maximum atomic E-state index is 5.84. The van der Waals surface area contributed by atoms with Crippen LogP contribution in [0.15, 0.2) is 47.6 Å². The molecule has 0 atom stereocenters. The van der Waals surface area contributed by atoms with E-state index in [4.69, 9.17) is 16.6 Å². The minimum absolute atomic E-state index is 0.524. The Hall–Kier alpha value is -2.15. The van der Waals surface area contributed by atoms with Gasteiger partial charge in [0.25, 0.3) is 0 Å². The molecular weight excluding hydrogens is 396 g/mol. The van der Waals surface area contributed by atoms with E-state index >= 15 is 0 Å². The number of aromatic nitrogens is 1. The molecule has 30 heavy (non-hydrogen) atoms. The number of nitrogens with zero attached hydrogens (tertiary/aromatic N) is 4. The standard InChI is InChI=1S/C23H33ClN6/c1-3-25-23(26-11-10-20-8-9-22(24)27-16-20)28-17-19-4-6-21(7-5-19)18-30-14-12-29(2)13-15-30/h4-9,16H,3,10-15,17-18H2,1-2H3,(H2,25,26,28). The summed E-state index contributed by atoms with van der Waals surface area (Å²) in [6.45, 7) is 9.99. The molecule has 7 heteroatoms. The Morgan fingerprint density at radius 3 is 2.37 bits per heavy atom. The molecule has 0 spiro atoms. The van der Waals surface area contributed by atoms with Crippen molar-refractivity contribution in [3.05, 3.63) is 64.4 Å². The molecule has 0 bridgehead atoms. The van der Waals surface area contributed by atoms with Crippen molar-refractivity contribution in [1.82, 2.24) is 25.4 Å². The molecule has 0 unspecified atom stereocenters. The number of nitrogens with one attached hydrogen (secondary N) is 2. The van der Waals surface area contributed by atoms with Crippen molar-refractivity contribution < 1.29 is 0 Å². The minimum atomic E-state index is 0.524. The van der Waals surface area contributed by atoms with Gasteiger partial charge in [0.1, 0.15) is 5.15 Å². The summed E-state index contributed by atoms with van der Waals surface area (Å²) in [4.78, 5) is 13.8. The molecule has 1 aromatic carbocycles. The monoisotopic (exact) mass is 428 g/mol. The van der Waals surface area contributed by atoms with Gasteiger partial charge in [0.2, 0.25) is 0 Å². The summed E-state index contributed by atoms with van der Waals surface area (Å²) in [5, 5.41) is 7.22. The summed E-state index contributed by atoms with van der Waals surface area (Å²) < 4.78 is 0. The maximum absolute atomic E-state index is 5.84. The highest BCUT2D eigenvalue weighted by molar-refractivity contribution is 6.29.